The van der Waals surface area contributed by atoms with Gasteiger partial charge in [0.05, 0.1) is 32.3 Å². The molecule has 0 radical (unpaired) electrons. The van der Waals surface area contributed by atoms with Gasteiger partial charge in [-0.2, -0.15) is 0 Å². The summed E-state index contributed by atoms with van der Waals surface area (Å²) in [6.07, 6.45) is 9.54. The maximum absolute atomic E-state index is 14.1. The van der Waals surface area contributed by atoms with E-state index in [9.17, 15) is 19.5 Å². The highest BCUT2D eigenvalue weighted by Crippen LogP contribution is 2.58. The number of hydrogen-bond acceptors (Lipinski definition) is 8. The molecule has 1 spiro atoms. The Kier molecular flexibility index (Phi) is 7.22. The Labute approximate surface area is 211 Å². The first kappa shape index (κ1) is 25.4. The number of nitrogens with zero attached hydrogens (tertiary/aromatic N) is 3. The Morgan fingerprint density at radius 3 is 2.56 bits per heavy atom. The third-order valence-corrected chi connectivity index (χ3v) is 8.35. The molecule has 0 aromatic heterocycles. The van der Waals surface area contributed by atoms with Crippen LogP contribution in [-0.4, -0.2) is 121 Å². The number of likely N-dealkylation sites (tertiary alicyclic amines) is 1. The van der Waals surface area contributed by atoms with E-state index < -0.39 is 35.0 Å². The minimum Gasteiger partial charge on any atom is -0.465 e. The molecule has 198 valence electrons. The average Bonchev–Trinajstić information content (AvgIpc) is 3.26. The van der Waals surface area contributed by atoms with Crippen LogP contribution in [-0.2, 0) is 28.6 Å². The number of aliphatic hydroxyl groups is 1. The summed E-state index contributed by atoms with van der Waals surface area (Å²) in [4.78, 5) is 46.9. The van der Waals surface area contributed by atoms with E-state index in [1.165, 1.54) is 4.90 Å². The molecular formula is C26H37N3O7. The monoisotopic (exact) mass is 503 g/mol. The van der Waals surface area contributed by atoms with Gasteiger partial charge in [0.25, 0.3) is 0 Å². The van der Waals surface area contributed by atoms with Gasteiger partial charge in [-0.25, -0.2) is 0 Å². The van der Waals surface area contributed by atoms with E-state index >= 15 is 0 Å². The van der Waals surface area contributed by atoms with Crippen molar-refractivity contribution >= 4 is 17.8 Å². The first-order valence-electron chi connectivity index (χ1n) is 13.2. The van der Waals surface area contributed by atoms with Gasteiger partial charge < -0.3 is 29.1 Å². The SMILES string of the molecule is CC[C@@]12/C=C\CCCOC(=O)[C@@H]1[C@H]1C(=O)N(CCO)C3C(=O)N(CCN4CCOCC4)CC=C[C@@]31O2. The number of morpholine rings is 1. The van der Waals surface area contributed by atoms with Crippen LogP contribution in [0.3, 0.4) is 0 Å². The molecule has 5 atom stereocenters. The summed E-state index contributed by atoms with van der Waals surface area (Å²) >= 11 is 0. The Hall–Kier alpha value is -2.27. The van der Waals surface area contributed by atoms with E-state index in [1.54, 1.807) is 4.90 Å². The number of esters is 1. The van der Waals surface area contributed by atoms with Crippen molar-refractivity contribution in [3.63, 3.8) is 0 Å². The van der Waals surface area contributed by atoms with Gasteiger partial charge in [0.1, 0.15) is 23.2 Å². The topological polar surface area (TPSA) is 109 Å². The largest absolute Gasteiger partial charge is 0.465 e. The Morgan fingerprint density at radius 1 is 1.00 bits per heavy atom. The van der Waals surface area contributed by atoms with Crippen LogP contribution in [0.1, 0.15) is 26.2 Å². The highest BCUT2D eigenvalue weighted by Gasteiger charge is 2.75. The fraction of sp³-hybridized carbons (Fsp3) is 0.731. The van der Waals surface area contributed by atoms with Crippen LogP contribution in [0.4, 0.5) is 0 Å². The lowest BCUT2D eigenvalue weighted by molar-refractivity contribution is -0.161. The van der Waals surface area contributed by atoms with Crippen LogP contribution in [0.25, 0.3) is 0 Å². The van der Waals surface area contributed by atoms with E-state index in [4.69, 9.17) is 14.2 Å². The fourth-order valence-electron chi connectivity index (χ4n) is 6.56. The minimum absolute atomic E-state index is 0.00126. The van der Waals surface area contributed by atoms with Crippen molar-refractivity contribution in [3.8, 4) is 0 Å². The number of carbonyl (C=O) groups excluding carboxylic acids is 3. The van der Waals surface area contributed by atoms with Crippen LogP contribution in [0, 0.1) is 11.8 Å². The number of cyclic esters (lactones) is 1. The molecule has 5 rings (SSSR count). The highest BCUT2D eigenvalue weighted by molar-refractivity contribution is 5.99. The molecule has 10 heteroatoms. The summed E-state index contributed by atoms with van der Waals surface area (Å²) in [5, 5.41) is 9.79. The van der Waals surface area contributed by atoms with Gasteiger partial charge in [-0.3, -0.25) is 19.3 Å². The van der Waals surface area contributed by atoms with E-state index in [0.29, 0.717) is 45.7 Å². The smallest absolute Gasteiger partial charge is 0.313 e. The molecule has 1 unspecified atom stereocenters. The summed E-state index contributed by atoms with van der Waals surface area (Å²) in [7, 11) is 0. The number of carbonyl (C=O) groups is 3. The number of hydrogen-bond donors (Lipinski definition) is 1. The van der Waals surface area contributed by atoms with E-state index in [-0.39, 0.29) is 31.6 Å². The predicted molar refractivity (Wildman–Crippen MR) is 129 cm³/mol. The summed E-state index contributed by atoms with van der Waals surface area (Å²) in [6, 6.07) is -0.953. The van der Waals surface area contributed by atoms with Crippen molar-refractivity contribution in [2.75, 3.05) is 65.7 Å². The van der Waals surface area contributed by atoms with E-state index in [0.717, 1.165) is 19.5 Å². The van der Waals surface area contributed by atoms with Gasteiger partial charge in [-0.15, -0.1) is 0 Å². The number of aliphatic hydroxyl groups excluding tert-OH is 1. The predicted octanol–water partition coefficient (Wildman–Crippen LogP) is -0.0365. The van der Waals surface area contributed by atoms with Crippen molar-refractivity contribution in [3.05, 3.63) is 24.3 Å². The van der Waals surface area contributed by atoms with Crippen LogP contribution in [0.15, 0.2) is 24.3 Å². The molecule has 0 aromatic carbocycles. The zero-order valence-electron chi connectivity index (χ0n) is 21.0. The standard InChI is InChI=1S/C26H37N3O7/c1-2-25-7-4-3-5-16-35-24(33)20(25)19-22(31)29(12-15-30)21-23(32)28(9-6-8-26(19,21)36-25)11-10-27-13-17-34-18-14-27/h4,6-8,19-21,30H,2-3,5,9-18H2,1H3/b7-4-/t19-,20-,21?,25+,26-/m0/s1. The molecule has 1 N–H and O–H groups in total. The average molecular weight is 504 g/mol. The van der Waals surface area contributed by atoms with Crippen LogP contribution in [0.2, 0.25) is 0 Å². The minimum atomic E-state index is -1.31. The second-order valence-corrected chi connectivity index (χ2v) is 10.2. The maximum atomic E-state index is 14.1. The zero-order valence-corrected chi connectivity index (χ0v) is 21.0. The first-order valence-corrected chi connectivity index (χ1v) is 13.2. The molecular weight excluding hydrogens is 466 g/mol. The molecule has 5 heterocycles. The van der Waals surface area contributed by atoms with Crippen molar-refractivity contribution < 1.29 is 33.7 Å². The number of ether oxygens (including phenoxy) is 3. The van der Waals surface area contributed by atoms with Crippen molar-refractivity contribution in [1.29, 1.82) is 0 Å². The third kappa shape index (κ3) is 4.08. The second-order valence-electron chi connectivity index (χ2n) is 10.2. The Balaban J connectivity index is 1.52. The highest BCUT2D eigenvalue weighted by atomic mass is 16.6. The number of rotatable bonds is 6. The van der Waals surface area contributed by atoms with Crippen molar-refractivity contribution in [2.24, 2.45) is 11.8 Å². The number of amides is 2. The third-order valence-electron chi connectivity index (χ3n) is 8.35. The quantitative estimate of drug-likeness (QED) is 0.398. The van der Waals surface area contributed by atoms with Gasteiger partial charge in [-0.05, 0) is 19.3 Å². The van der Waals surface area contributed by atoms with Crippen molar-refractivity contribution in [1.82, 2.24) is 14.7 Å². The maximum Gasteiger partial charge on any atom is 0.313 e. The molecule has 3 fully saturated rings. The van der Waals surface area contributed by atoms with Crippen LogP contribution in [0.5, 0.6) is 0 Å². The zero-order chi connectivity index (χ0) is 25.3. The van der Waals surface area contributed by atoms with E-state index in [1.807, 2.05) is 31.2 Å². The van der Waals surface area contributed by atoms with Gasteiger partial charge in [0.15, 0.2) is 0 Å². The van der Waals surface area contributed by atoms with Crippen molar-refractivity contribution in [2.45, 2.75) is 43.4 Å². The van der Waals surface area contributed by atoms with Crippen LogP contribution >= 0.6 is 0 Å². The van der Waals surface area contributed by atoms with Gasteiger partial charge >= 0.3 is 5.97 Å². The molecule has 0 aromatic rings. The molecule has 0 bridgehead atoms. The molecule has 0 saturated carbocycles. The Bertz CT molecular complexity index is 932. The molecule has 2 amide bonds. The summed E-state index contributed by atoms with van der Waals surface area (Å²) < 4.78 is 17.9. The van der Waals surface area contributed by atoms with Gasteiger partial charge in [0, 0.05) is 39.3 Å². The second kappa shape index (κ2) is 10.2. The lowest BCUT2D eigenvalue weighted by Crippen LogP contribution is -2.57. The lowest BCUT2D eigenvalue weighted by Gasteiger charge is -2.38. The molecule has 10 nitrogen and oxygen atoms in total. The van der Waals surface area contributed by atoms with Gasteiger partial charge in [0.2, 0.25) is 11.8 Å². The van der Waals surface area contributed by atoms with Crippen LogP contribution < -0.4 is 0 Å². The summed E-state index contributed by atoms with van der Waals surface area (Å²) in [6.45, 7) is 6.52. The molecule has 36 heavy (non-hydrogen) atoms. The Morgan fingerprint density at radius 2 is 1.81 bits per heavy atom. The number of fused-ring (bicyclic) bond motifs is 2. The number of allylic oxidation sites excluding steroid dienone is 1. The normalized spacial score (nSPS) is 37.9. The molecule has 0 aliphatic carbocycles. The first-order chi connectivity index (χ1) is 17.5. The van der Waals surface area contributed by atoms with Gasteiger partial charge in [-0.1, -0.05) is 31.2 Å². The molecule has 5 aliphatic heterocycles. The molecule has 3 saturated heterocycles. The summed E-state index contributed by atoms with van der Waals surface area (Å²) in [5.41, 5.74) is -2.35. The lowest BCUT2D eigenvalue weighted by atomic mass is 9.73. The van der Waals surface area contributed by atoms with E-state index in [2.05, 4.69) is 4.90 Å². The fourth-order valence-corrected chi connectivity index (χ4v) is 6.56. The number of β-amino-alcohol motifs (C(OH)–C–C–N with tert-alkyl or cyclic N) is 1. The molecule has 5 aliphatic rings. The summed E-state index contributed by atoms with van der Waals surface area (Å²) in [5.74, 6) is -2.78.